The average Bonchev–Trinajstić information content (AvgIpc) is 3.89. The third-order valence-electron chi connectivity index (χ3n) is 12.6. The number of piperazine rings is 1. The Labute approximate surface area is 383 Å². The number of benzene rings is 2. The Morgan fingerprint density at radius 1 is 0.891 bits per heavy atom. The first-order valence-electron chi connectivity index (χ1n) is 23.2. The van der Waals surface area contributed by atoms with E-state index in [9.17, 15) is 24.6 Å². The molecule has 15 heteroatoms. The van der Waals surface area contributed by atoms with E-state index in [0.29, 0.717) is 23.5 Å². The number of aliphatic hydroxyl groups is 1. The summed E-state index contributed by atoms with van der Waals surface area (Å²) in [5.41, 5.74) is 12.5. The maximum atomic E-state index is 14.1. The van der Waals surface area contributed by atoms with Gasteiger partial charge in [-0.3, -0.25) is 19.3 Å². The van der Waals surface area contributed by atoms with E-state index in [-0.39, 0.29) is 42.5 Å². The standard InChI is InChI=1S/C49H69N9O5S/c1-33(35-20-22-36(23-21-35)44-34(2)51-32-64-44)52-47(62)41-29-37(59)31-58(41)48(63)45(49(3,4)5)53-43(61)19-13-11-9-7-6-8-10-12-16-24-56-25-27-57(28-26-56)40-30-39(54-55-46(40)50)38-17-14-15-18-42(38)60/h14-15,17-18,20-23,30,32-33,37,41,45,59-60H,6-13,16,19,24-29,31H2,1-5H3,(H2,50,55)(H,52,62)(H,53,61)/t33-,37+,41-,45+/m0/s1. The van der Waals surface area contributed by atoms with E-state index in [1.165, 1.54) is 37.0 Å². The maximum Gasteiger partial charge on any atom is 0.246 e. The van der Waals surface area contributed by atoms with E-state index in [4.69, 9.17) is 5.73 Å². The molecule has 0 aliphatic carbocycles. The number of aliphatic hydroxyl groups excluding tert-OH is 1. The predicted molar refractivity (Wildman–Crippen MR) is 255 cm³/mol. The summed E-state index contributed by atoms with van der Waals surface area (Å²) >= 11 is 1.59. The van der Waals surface area contributed by atoms with Crippen LogP contribution in [0.5, 0.6) is 5.75 Å². The van der Waals surface area contributed by atoms with Gasteiger partial charge in [-0.15, -0.1) is 21.5 Å². The van der Waals surface area contributed by atoms with Crippen LogP contribution in [0, 0.1) is 12.3 Å². The Morgan fingerprint density at radius 3 is 2.19 bits per heavy atom. The number of nitrogens with two attached hydrogens (primary N) is 1. The Balaban J connectivity index is 0.838. The van der Waals surface area contributed by atoms with Gasteiger partial charge in [0.15, 0.2) is 5.82 Å². The highest BCUT2D eigenvalue weighted by Crippen LogP contribution is 2.33. The number of carbonyl (C=O) groups is 3. The number of carbonyl (C=O) groups excluding carboxylic acids is 3. The number of phenols is 1. The SMILES string of the molecule is Cc1ncsc1-c1ccc([C@H](C)NC(=O)[C@@H]2C[C@@H](O)CN2C(=O)[C@@H](NC(=O)CCCCCCCCCCCN2CCN(c3cc(-c4ccccc4O)nnc3N)CC2)C(C)(C)C)cc1. The number of hydrogen-bond donors (Lipinski definition) is 5. The first kappa shape index (κ1) is 48.3. The number of unbranched alkanes of at least 4 members (excludes halogenated alkanes) is 8. The van der Waals surface area contributed by atoms with Crippen molar-refractivity contribution in [2.75, 3.05) is 49.9 Å². The molecule has 14 nitrogen and oxygen atoms in total. The monoisotopic (exact) mass is 896 g/mol. The largest absolute Gasteiger partial charge is 0.507 e. The zero-order valence-electron chi connectivity index (χ0n) is 38.4. The lowest BCUT2D eigenvalue weighted by atomic mass is 9.85. The summed E-state index contributed by atoms with van der Waals surface area (Å²) in [6.45, 7) is 14.4. The fourth-order valence-electron chi connectivity index (χ4n) is 8.79. The molecule has 6 N–H and O–H groups in total. The molecular formula is C49H69N9O5S. The Hall–Kier alpha value is -5.12. The fraction of sp³-hybridized carbons (Fsp3) is 0.551. The van der Waals surface area contributed by atoms with Crippen molar-refractivity contribution < 1.29 is 24.6 Å². The van der Waals surface area contributed by atoms with Crippen LogP contribution in [-0.2, 0) is 14.4 Å². The van der Waals surface area contributed by atoms with Crippen LogP contribution in [0.2, 0.25) is 0 Å². The van der Waals surface area contributed by atoms with Crippen LogP contribution < -0.4 is 21.3 Å². The van der Waals surface area contributed by atoms with Gasteiger partial charge < -0.3 is 36.4 Å². The topological polar surface area (TPSA) is 190 Å². The molecular weight excluding hydrogens is 827 g/mol. The van der Waals surface area contributed by atoms with E-state index < -0.39 is 23.6 Å². The lowest BCUT2D eigenvalue weighted by Crippen LogP contribution is -2.57. The van der Waals surface area contributed by atoms with Gasteiger partial charge in [0, 0.05) is 51.1 Å². The summed E-state index contributed by atoms with van der Waals surface area (Å²) in [7, 11) is 0. The minimum atomic E-state index is -0.835. The van der Waals surface area contributed by atoms with Crippen molar-refractivity contribution in [3.8, 4) is 27.4 Å². The number of nitrogens with zero attached hydrogens (tertiary/aromatic N) is 6. The summed E-state index contributed by atoms with van der Waals surface area (Å²) in [4.78, 5) is 52.6. The van der Waals surface area contributed by atoms with Crippen molar-refractivity contribution in [1.82, 2.24) is 35.6 Å². The number of hydrogen-bond acceptors (Lipinski definition) is 12. The predicted octanol–water partition coefficient (Wildman–Crippen LogP) is 7.26. The summed E-state index contributed by atoms with van der Waals surface area (Å²) in [6.07, 6.45) is 9.58. The van der Waals surface area contributed by atoms with Crippen LogP contribution in [-0.4, -0.2) is 110 Å². The molecule has 2 fully saturated rings. The summed E-state index contributed by atoms with van der Waals surface area (Å²) in [5.74, 6) is -0.259. The van der Waals surface area contributed by atoms with Gasteiger partial charge in [-0.25, -0.2) is 4.98 Å². The zero-order valence-corrected chi connectivity index (χ0v) is 39.2. The highest BCUT2D eigenvalue weighted by Gasteiger charge is 2.44. The van der Waals surface area contributed by atoms with E-state index in [1.54, 1.807) is 23.5 Å². The van der Waals surface area contributed by atoms with Crippen molar-refractivity contribution in [3.05, 3.63) is 71.4 Å². The van der Waals surface area contributed by atoms with E-state index >= 15 is 0 Å². The van der Waals surface area contributed by atoms with E-state index in [1.807, 2.05) is 82.6 Å². The number of β-amino-alcohol motifs (C(OH)–C–C–N with tert-alkyl or cyclic N) is 1. The molecule has 4 atom stereocenters. The molecule has 2 aliphatic heterocycles. The first-order valence-corrected chi connectivity index (χ1v) is 24.0. The summed E-state index contributed by atoms with van der Waals surface area (Å²) in [6, 6.07) is 15.1. The lowest BCUT2D eigenvalue weighted by Gasteiger charge is -2.36. The number of nitrogen functional groups attached to an aromatic ring is 1. The van der Waals surface area contributed by atoms with Crippen LogP contribution in [0.3, 0.4) is 0 Å². The second-order valence-corrected chi connectivity index (χ2v) is 19.5. The van der Waals surface area contributed by atoms with Gasteiger partial charge in [0.05, 0.1) is 39.6 Å². The van der Waals surface area contributed by atoms with Gasteiger partial charge >= 0.3 is 0 Å². The van der Waals surface area contributed by atoms with Crippen molar-refractivity contribution >= 4 is 40.6 Å². The average molecular weight is 896 g/mol. The van der Waals surface area contributed by atoms with Crippen molar-refractivity contribution in [1.29, 1.82) is 0 Å². The summed E-state index contributed by atoms with van der Waals surface area (Å²) in [5, 5.41) is 35.4. The van der Waals surface area contributed by atoms with Gasteiger partial charge in [0.2, 0.25) is 17.7 Å². The number of para-hydroxylation sites is 1. The number of nitrogens with one attached hydrogen (secondary N) is 2. The highest BCUT2D eigenvalue weighted by molar-refractivity contribution is 7.13. The fourth-order valence-corrected chi connectivity index (χ4v) is 9.60. The zero-order chi connectivity index (χ0) is 45.8. The smallest absolute Gasteiger partial charge is 0.246 e. The van der Waals surface area contributed by atoms with Gasteiger partial charge in [0.25, 0.3) is 0 Å². The minimum Gasteiger partial charge on any atom is -0.507 e. The molecule has 2 aromatic heterocycles. The molecule has 2 saturated heterocycles. The third kappa shape index (κ3) is 13.0. The number of anilines is 2. The molecule has 0 radical (unpaired) electrons. The highest BCUT2D eigenvalue weighted by atomic mass is 32.1. The van der Waals surface area contributed by atoms with E-state index in [2.05, 4.69) is 35.6 Å². The van der Waals surface area contributed by atoms with Crippen molar-refractivity contribution in [2.45, 2.75) is 129 Å². The minimum absolute atomic E-state index is 0.0428. The second-order valence-electron chi connectivity index (χ2n) is 18.7. The van der Waals surface area contributed by atoms with E-state index in [0.717, 1.165) is 85.8 Å². The first-order chi connectivity index (χ1) is 30.7. The molecule has 0 spiro atoms. The van der Waals surface area contributed by atoms with Crippen LogP contribution in [0.15, 0.2) is 60.1 Å². The number of amides is 3. The molecule has 0 unspecified atom stereocenters. The molecule has 3 amide bonds. The number of rotatable bonds is 20. The van der Waals surface area contributed by atoms with Gasteiger partial charge in [-0.1, -0.05) is 102 Å². The van der Waals surface area contributed by atoms with Crippen molar-refractivity contribution in [3.63, 3.8) is 0 Å². The Kier molecular flexibility index (Phi) is 17.1. The number of aromatic nitrogens is 3. The number of likely N-dealkylation sites (tertiary alicyclic amines) is 1. The number of phenolic OH excluding ortho intramolecular Hbond substituents is 1. The summed E-state index contributed by atoms with van der Waals surface area (Å²) < 4.78 is 0. The van der Waals surface area contributed by atoms with Gasteiger partial charge in [-0.05, 0) is 68.0 Å². The molecule has 0 bridgehead atoms. The quantitative estimate of drug-likeness (QED) is 0.0562. The molecule has 2 aliphatic rings. The molecule has 4 aromatic rings. The normalized spacial score (nSPS) is 17.9. The Morgan fingerprint density at radius 2 is 1.55 bits per heavy atom. The third-order valence-corrected chi connectivity index (χ3v) is 13.6. The molecule has 0 saturated carbocycles. The molecule has 64 heavy (non-hydrogen) atoms. The van der Waals surface area contributed by atoms with Crippen LogP contribution >= 0.6 is 11.3 Å². The molecule has 6 rings (SSSR count). The van der Waals surface area contributed by atoms with Crippen LogP contribution in [0.4, 0.5) is 11.5 Å². The maximum absolute atomic E-state index is 14.1. The van der Waals surface area contributed by atoms with Crippen LogP contribution in [0.1, 0.15) is 116 Å². The number of aromatic hydroxyl groups is 1. The number of thiazole rings is 1. The lowest BCUT2D eigenvalue weighted by molar-refractivity contribution is -0.144. The molecule has 346 valence electrons. The van der Waals surface area contributed by atoms with Gasteiger partial charge in [0.1, 0.15) is 17.8 Å². The molecule has 2 aromatic carbocycles. The second kappa shape index (κ2) is 22.7. The number of aryl methyl sites for hydroxylation is 1. The van der Waals surface area contributed by atoms with Gasteiger partial charge in [-0.2, -0.15) is 0 Å². The molecule has 4 heterocycles. The Bertz CT molecular complexity index is 2150. The van der Waals surface area contributed by atoms with Crippen molar-refractivity contribution in [2.24, 2.45) is 5.41 Å². The van der Waals surface area contributed by atoms with Crippen LogP contribution in [0.25, 0.3) is 21.7 Å².